The minimum absolute atomic E-state index is 0.0996. The summed E-state index contributed by atoms with van der Waals surface area (Å²) < 4.78 is 15.4. The van der Waals surface area contributed by atoms with Crippen molar-refractivity contribution in [1.82, 2.24) is 25.0 Å². The molecule has 0 aliphatic carbocycles. The summed E-state index contributed by atoms with van der Waals surface area (Å²) >= 11 is 1.17. The van der Waals surface area contributed by atoms with Crippen LogP contribution in [-0.2, 0) is 17.3 Å². The number of aromatic nitrogens is 5. The molecule has 0 saturated heterocycles. The van der Waals surface area contributed by atoms with Crippen LogP contribution >= 0.6 is 11.8 Å². The van der Waals surface area contributed by atoms with Crippen LogP contribution in [0.15, 0.2) is 35.5 Å². The predicted octanol–water partition coefficient (Wildman–Crippen LogP) is 3.37. The average Bonchev–Trinajstić information content (AvgIpc) is 3.20. The van der Waals surface area contributed by atoms with Gasteiger partial charge in [0.2, 0.25) is 11.1 Å². The van der Waals surface area contributed by atoms with E-state index in [4.69, 9.17) is 0 Å². The summed E-state index contributed by atoms with van der Waals surface area (Å²) in [5, 5.41) is 14.4. The third kappa shape index (κ3) is 4.54. The summed E-state index contributed by atoms with van der Waals surface area (Å²) in [7, 11) is 1.79. The van der Waals surface area contributed by atoms with Gasteiger partial charge in [-0.15, -0.1) is 5.10 Å². The highest BCUT2D eigenvalue weighted by Gasteiger charge is 2.20. The summed E-state index contributed by atoms with van der Waals surface area (Å²) in [6.45, 7) is 6.19. The Morgan fingerprint density at radius 2 is 2.07 bits per heavy atom. The Kier molecular flexibility index (Phi) is 5.31. The van der Waals surface area contributed by atoms with Gasteiger partial charge >= 0.3 is 0 Å². The maximum Gasteiger partial charge on any atom is 0.235 e. The molecule has 9 heteroatoms. The zero-order valence-electron chi connectivity index (χ0n) is 15.6. The van der Waals surface area contributed by atoms with Crippen molar-refractivity contribution in [3.63, 3.8) is 0 Å². The number of hydrogen-bond acceptors (Lipinski definition) is 5. The van der Waals surface area contributed by atoms with Gasteiger partial charge in [0, 0.05) is 18.5 Å². The summed E-state index contributed by atoms with van der Waals surface area (Å²) in [6.07, 6.45) is 0. The van der Waals surface area contributed by atoms with Crippen molar-refractivity contribution in [2.45, 2.75) is 31.3 Å². The number of thioether (sulfide) groups is 1. The number of benzene rings is 1. The van der Waals surface area contributed by atoms with Gasteiger partial charge in [-0.3, -0.25) is 14.6 Å². The van der Waals surface area contributed by atoms with E-state index in [9.17, 15) is 9.18 Å². The van der Waals surface area contributed by atoms with E-state index in [-0.39, 0.29) is 22.9 Å². The molecule has 0 bridgehead atoms. The number of nitrogens with one attached hydrogen (secondary N) is 2. The van der Waals surface area contributed by atoms with Gasteiger partial charge in [-0.2, -0.15) is 5.10 Å². The second kappa shape index (κ2) is 7.51. The van der Waals surface area contributed by atoms with Gasteiger partial charge in [-0.1, -0.05) is 44.7 Å². The molecular weight excluding hydrogens is 367 g/mol. The van der Waals surface area contributed by atoms with Gasteiger partial charge in [0.1, 0.15) is 11.6 Å². The normalized spacial score (nSPS) is 11.6. The van der Waals surface area contributed by atoms with E-state index < -0.39 is 0 Å². The van der Waals surface area contributed by atoms with Crippen LogP contribution < -0.4 is 5.32 Å². The van der Waals surface area contributed by atoms with Gasteiger partial charge in [-0.25, -0.2) is 9.37 Å². The molecule has 3 aromatic rings. The van der Waals surface area contributed by atoms with Gasteiger partial charge in [-0.05, 0) is 12.1 Å². The molecule has 0 fully saturated rings. The molecule has 3 rings (SSSR count). The molecule has 1 amide bonds. The molecule has 0 aliphatic rings. The Hall–Kier alpha value is -2.68. The van der Waals surface area contributed by atoms with E-state index in [0.29, 0.717) is 22.4 Å². The molecule has 0 atom stereocenters. The number of hydrogen-bond donors (Lipinski definition) is 2. The number of aryl methyl sites for hydroxylation is 1. The first-order valence-electron chi connectivity index (χ1n) is 8.38. The second-order valence-electron chi connectivity index (χ2n) is 7.07. The van der Waals surface area contributed by atoms with Crippen molar-refractivity contribution in [3.8, 4) is 11.4 Å². The zero-order valence-corrected chi connectivity index (χ0v) is 16.4. The fourth-order valence-corrected chi connectivity index (χ4v) is 2.94. The predicted molar refractivity (Wildman–Crippen MR) is 103 cm³/mol. The monoisotopic (exact) mass is 388 g/mol. The maximum atomic E-state index is 13.8. The minimum atomic E-state index is -0.381. The molecule has 0 aliphatic heterocycles. The zero-order chi connectivity index (χ0) is 19.6. The molecule has 0 unspecified atom stereocenters. The highest BCUT2D eigenvalue weighted by molar-refractivity contribution is 7.99. The highest BCUT2D eigenvalue weighted by Crippen LogP contribution is 2.24. The van der Waals surface area contributed by atoms with Crippen molar-refractivity contribution in [2.24, 2.45) is 7.05 Å². The molecular formula is C18H21FN6OS. The molecule has 27 heavy (non-hydrogen) atoms. The van der Waals surface area contributed by atoms with Crippen LogP contribution in [-0.4, -0.2) is 36.6 Å². The molecule has 0 saturated carbocycles. The number of halogens is 1. The Bertz CT molecular complexity index is 959. The molecule has 7 nitrogen and oxygen atoms in total. The van der Waals surface area contributed by atoms with Gasteiger partial charge in [0.05, 0.1) is 17.0 Å². The molecule has 2 N–H and O–H groups in total. The summed E-state index contributed by atoms with van der Waals surface area (Å²) in [5.41, 5.74) is 1.14. The van der Waals surface area contributed by atoms with Gasteiger partial charge < -0.3 is 5.32 Å². The van der Waals surface area contributed by atoms with E-state index >= 15 is 0 Å². The SMILES string of the molecule is Cn1nc(C(C)(C)C)cc1NC(=O)CSc1n[nH]c(-c2ccccc2F)n1. The van der Waals surface area contributed by atoms with Gasteiger partial charge in [0.15, 0.2) is 5.82 Å². The lowest BCUT2D eigenvalue weighted by Gasteiger charge is -2.13. The smallest absolute Gasteiger partial charge is 0.235 e. The average molecular weight is 388 g/mol. The number of amides is 1. The number of carbonyl (C=O) groups excluding carboxylic acids is 1. The lowest BCUT2D eigenvalue weighted by Crippen LogP contribution is -2.16. The molecule has 142 valence electrons. The van der Waals surface area contributed by atoms with Crippen molar-refractivity contribution in [2.75, 3.05) is 11.1 Å². The first kappa shape index (κ1) is 19.1. The Labute approximate surface area is 160 Å². The second-order valence-corrected chi connectivity index (χ2v) is 8.01. The Morgan fingerprint density at radius 1 is 1.33 bits per heavy atom. The molecule has 2 aromatic heterocycles. The quantitative estimate of drug-likeness (QED) is 0.654. The van der Waals surface area contributed by atoms with E-state index in [1.165, 1.54) is 17.8 Å². The van der Waals surface area contributed by atoms with Crippen LogP contribution in [0.4, 0.5) is 10.2 Å². The topological polar surface area (TPSA) is 88.5 Å². The summed E-state index contributed by atoms with van der Waals surface area (Å²) in [6, 6.07) is 8.18. The van der Waals surface area contributed by atoms with Crippen LogP contribution in [0.2, 0.25) is 0 Å². The number of anilines is 1. The van der Waals surface area contributed by atoms with Crippen LogP contribution in [0.5, 0.6) is 0 Å². The van der Waals surface area contributed by atoms with Crippen LogP contribution in [0.1, 0.15) is 26.5 Å². The minimum Gasteiger partial charge on any atom is -0.310 e. The lowest BCUT2D eigenvalue weighted by molar-refractivity contribution is -0.113. The third-order valence-electron chi connectivity index (χ3n) is 3.84. The molecule has 0 radical (unpaired) electrons. The number of rotatable bonds is 5. The Balaban J connectivity index is 1.60. The van der Waals surface area contributed by atoms with Crippen molar-refractivity contribution >= 4 is 23.5 Å². The fourth-order valence-electron chi connectivity index (χ4n) is 2.34. The largest absolute Gasteiger partial charge is 0.310 e. The number of aromatic amines is 1. The van der Waals surface area contributed by atoms with Crippen LogP contribution in [0.25, 0.3) is 11.4 Å². The van der Waals surface area contributed by atoms with E-state index in [1.54, 1.807) is 29.9 Å². The molecule has 0 spiro atoms. The van der Waals surface area contributed by atoms with Gasteiger partial charge in [0.25, 0.3) is 0 Å². The number of H-pyrrole nitrogens is 1. The number of nitrogens with zero attached hydrogens (tertiary/aromatic N) is 4. The number of carbonyl (C=O) groups is 1. The standard InChI is InChI=1S/C18H21FN6OS/c1-18(2,3)13-9-14(25(4)24-13)20-15(26)10-27-17-21-16(22-23-17)11-7-5-6-8-12(11)19/h5-9H,10H2,1-4H3,(H,20,26)(H,21,22,23). The third-order valence-corrected chi connectivity index (χ3v) is 4.69. The van der Waals surface area contributed by atoms with Crippen LogP contribution in [0.3, 0.4) is 0 Å². The van der Waals surface area contributed by atoms with Crippen LogP contribution in [0, 0.1) is 5.82 Å². The summed E-state index contributed by atoms with van der Waals surface area (Å²) in [5.74, 6) is 0.518. The molecule has 2 heterocycles. The lowest BCUT2D eigenvalue weighted by atomic mass is 9.92. The van der Waals surface area contributed by atoms with Crippen molar-refractivity contribution in [3.05, 3.63) is 41.8 Å². The van der Waals surface area contributed by atoms with Crippen molar-refractivity contribution < 1.29 is 9.18 Å². The maximum absolute atomic E-state index is 13.8. The first-order valence-corrected chi connectivity index (χ1v) is 9.37. The van der Waals surface area contributed by atoms with Crippen molar-refractivity contribution in [1.29, 1.82) is 0 Å². The van der Waals surface area contributed by atoms with E-state index in [1.807, 2.05) is 6.07 Å². The summed E-state index contributed by atoms with van der Waals surface area (Å²) in [4.78, 5) is 16.5. The first-order chi connectivity index (χ1) is 12.7. The fraction of sp³-hybridized carbons (Fsp3) is 0.333. The highest BCUT2D eigenvalue weighted by atomic mass is 32.2. The van der Waals surface area contributed by atoms with E-state index in [2.05, 4.69) is 46.4 Å². The molecule has 1 aromatic carbocycles. The Morgan fingerprint density at radius 3 is 2.74 bits per heavy atom. The van der Waals surface area contributed by atoms with E-state index in [0.717, 1.165) is 5.69 Å².